The van der Waals surface area contributed by atoms with Crippen LogP contribution in [0.15, 0.2) is 60.2 Å². The molecule has 5 rings (SSSR count). The van der Waals surface area contributed by atoms with E-state index in [0.29, 0.717) is 41.0 Å². The molecule has 0 saturated carbocycles. The van der Waals surface area contributed by atoms with Crippen LogP contribution < -0.4 is 14.4 Å². The quantitative estimate of drug-likeness (QED) is 0.0975. The summed E-state index contributed by atoms with van der Waals surface area (Å²) in [5.41, 5.74) is 4.94. The van der Waals surface area contributed by atoms with E-state index in [0.717, 1.165) is 39.7 Å². The highest BCUT2D eigenvalue weighted by Crippen LogP contribution is 2.46. The lowest BCUT2D eigenvalue weighted by atomic mass is 9.95. The number of ketones is 1. The Hall–Kier alpha value is -4.17. The molecular formula is C33H34N2O5S. The summed E-state index contributed by atoms with van der Waals surface area (Å²) in [4.78, 5) is 33.6. The smallest absolute Gasteiger partial charge is 0.301 e. The van der Waals surface area contributed by atoms with Crippen molar-refractivity contribution in [2.24, 2.45) is 0 Å². The maximum absolute atomic E-state index is 13.7. The fraction of sp³-hybridized carbons (Fsp3) is 0.303. The normalized spacial score (nSPS) is 16.5. The lowest BCUT2D eigenvalue weighted by Gasteiger charge is -2.24. The van der Waals surface area contributed by atoms with Gasteiger partial charge in [-0.3, -0.25) is 14.5 Å². The largest absolute Gasteiger partial charge is 0.507 e. The van der Waals surface area contributed by atoms with E-state index >= 15 is 0 Å². The summed E-state index contributed by atoms with van der Waals surface area (Å²) in [6.07, 6.45) is 1.90. The number of anilines is 1. The topological polar surface area (TPSA) is 89.0 Å². The number of carbonyl (C=O) groups is 2. The van der Waals surface area contributed by atoms with E-state index in [2.05, 4.69) is 6.92 Å². The Morgan fingerprint density at radius 1 is 0.951 bits per heavy atom. The van der Waals surface area contributed by atoms with Gasteiger partial charge in [0, 0.05) is 5.56 Å². The third-order valence-electron chi connectivity index (χ3n) is 7.13. The molecule has 0 aliphatic carbocycles. The van der Waals surface area contributed by atoms with Crippen LogP contribution in [0.4, 0.5) is 5.13 Å². The van der Waals surface area contributed by atoms with Crippen molar-refractivity contribution in [2.45, 2.75) is 53.5 Å². The zero-order chi connectivity index (χ0) is 29.3. The molecule has 1 amide bonds. The summed E-state index contributed by atoms with van der Waals surface area (Å²) in [7, 11) is 0. The van der Waals surface area contributed by atoms with Gasteiger partial charge in [0.2, 0.25) is 0 Å². The molecule has 8 heteroatoms. The van der Waals surface area contributed by atoms with E-state index in [4.69, 9.17) is 14.5 Å². The molecule has 1 saturated heterocycles. The first kappa shape index (κ1) is 28.4. The summed E-state index contributed by atoms with van der Waals surface area (Å²) in [5.74, 6) is -0.631. The Morgan fingerprint density at radius 2 is 1.71 bits per heavy atom. The minimum Gasteiger partial charge on any atom is -0.507 e. The summed E-state index contributed by atoms with van der Waals surface area (Å²) >= 11 is 1.35. The number of benzene rings is 3. The number of Topliss-reactive ketones (excluding diaryl/α,β-unsaturated/α-hetero) is 1. The molecule has 7 nitrogen and oxygen atoms in total. The molecule has 1 atom stereocenters. The van der Waals surface area contributed by atoms with Crippen molar-refractivity contribution in [3.05, 3.63) is 88.0 Å². The molecule has 1 unspecified atom stereocenters. The Labute approximate surface area is 244 Å². The second-order valence-corrected chi connectivity index (χ2v) is 11.3. The number of aliphatic hydroxyl groups is 1. The van der Waals surface area contributed by atoms with Crippen LogP contribution in [0.5, 0.6) is 11.5 Å². The van der Waals surface area contributed by atoms with Gasteiger partial charge in [-0.05, 0) is 69.0 Å². The molecule has 1 fully saturated rings. The van der Waals surface area contributed by atoms with Gasteiger partial charge < -0.3 is 14.6 Å². The molecule has 1 aliphatic rings. The Balaban J connectivity index is 1.70. The number of fused-ring (bicyclic) bond motifs is 1. The van der Waals surface area contributed by atoms with Crippen LogP contribution in [-0.2, 0) is 9.59 Å². The van der Waals surface area contributed by atoms with E-state index in [1.54, 1.807) is 24.3 Å². The average Bonchev–Trinajstić information content (AvgIpc) is 3.48. The van der Waals surface area contributed by atoms with Gasteiger partial charge in [-0.15, -0.1) is 0 Å². The van der Waals surface area contributed by atoms with E-state index < -0.39 is 17.7 Å². The summed E-state index contributed by atoms with van der Waals surface area (Å²) in [6.45, 7) is 10.9. The van der Waals surface area contributed by atoms with Crippen molar-refractivity contribution < 1.29 is 24.2 Å². The zero-order valence-electron chi connectivity index (χ0n) is 24.0. The number of thiazole rings is 1. The number of amides is 1. The Morgan fingerprint density at radius 3 is 2.41 bits per heavy atom. The number of nitrogens with zero attached hydrogens (tertiary/aromatic N) is 2. The average molecular weight is 571 g/mol. The molecule has 0 bridgehead atoms. The van der Waals surface area contributed by atoms with Gasteiger partial charge >= 0.3 is 5.91 Å². The van der Waals surface area contributed by atoms with Crippen LogP contribution in [0.25, 0.3) is 16.0 Å². The lowest BCUT2D eigenvalue weighted by Crippen LogP contribution is -2.29. The molecule has 1 N–H and O–H groups in total. The molecule has 2 heterocycles. The third kappa shape index (κ3) is 5.44. The predicted octanol–water partition coefficient (Wildman–Crippen LogP) is 7.43. The second kappa shape index (κ2) is 11.7. The molecule has 1 aliphatic heterocycles. The van der Waals surface area contributed by atoms with E-state index in [1.165, 1.54) is 16.2 Å². The first-order valence-electron chi connectivity index (χ1n) is 13.9. The van der Waals surface area contributed by atoms with Crippen LogP contribution >= 0.6 is 11.3 Å². The minimum absolute atomic E-state index is 0.00751. The molecule has 212 valence electrons. The Kier molecular flexibility index (Phi) is 8.13. The molecule has 41 heavy (non-hydrogen) atoms. The van der Waals surface area contributed by atoms with Gasteiger partial charge in [0.25, 0.3) is 5.78 Å². The van der Waals surface area contributed by atoms with Crippen molar-refractivity contribution in [1.29, 1.82) is 0 Å². The first-order valence-corrected chi connectivity index (χ1v) is 14.7. The maximum Gasteiger partial charge on any atom is 0.301 e. The number of aryl methyl sites for hydroxylation is 3. The van der Waals surface area contributed by atoms with Gasteiger partial charge in [0.05, 0.1) is 35.0 Å². The first-order chi connectivity index (χ1) is 19.7. The Bertz CT molecular complexity index is 1650. The molecular weight excluding hydrogens is 536 g/mol. The van der Waals surface area contributed by atoms with Crippen LogP contribution in [0.3, 0.4) is 0 Å². The van der Waals surface area contributed by atoms with E-state index in [9.17, 15) is 14.7 Å². The van der Waals surface area contributed by atoms with Gasteiger partial charge in [0.1, 0.15) is 5.76 Å². The zero-order valence-corrected chi connectivity index (χ0v) is 24.8. The summed E-state index contributed by atoms with van der Waals surface area (Å²) < 4.78 is 12.8. The molecule has 4 aromatic rings. The monoisotopic (exact) mass is 570 g/mol. The highest BCUT2D eigenvalue weighted by molar-refractivity contribution is 7.22. The number of rotatable bonds is 9. The number of unbranched alkanes of at least 4 members (excludes halogenated alkanes) is 1. The van der Waals surface area contributed by atoms with Crippen LogP contribution in [0.2, 0.25) is 0 Å². The number of carbonyl (C=O) groups excluding carboxylic acids is 2. The van der Waals surface area contributed by atoms with Crippen molar-refractivity contribution in [3.63, 3.8) is 0 Å². The highest BCUT2D eigenvalue weighted by atomic mass is 32.1. The summed E-state index contributed by atoms with van der Waals surface area (Å²) in [5, 5.41) is 11.9. The SMILES string of the molecule is CCCCOc1ccc(C2C(=C(O)c3ccc(C)cc3)C(=O)C(=O)N2c2nc3c(C)cc(C)cc3s2)cc1OCC. The van der Waals surface area contributed by atoms with Crippen LogP contribution in [0, 0.1) is 20.8 Å². The van der Waals surface area contributed by atoms with Gasteiger partial charge in [0.15, 0.2) is 16.6 Å². The fourth-order valence-corrected chi connectivity index (χ4v) is 6.25. The highest BCUT2D eigenvalue weighted by Gasteiger charge is 2.48. The maximum atomic E-state index is 13.7. The number of hydrogen-bond donors (Lipinski definition) is 1. The summed E-state index contributed by atoms with van der Waals surface area (Å²) in [6, 6.07) is 15.8. The van der Waals surface area contributed by atoms with Gasteiger partial charge in [-0.25, -0.2) is 4.98 Å². The standard InChI is InChI=1S/C33H34N2O5S/c1-6-8-15-40-24-14-13-23(18-25(24)39-7-2)29-27(30(36)22-11-9-19(3)10-12-22)31(37)32(38)35(29)33-34-28-21(5)16-20(4)17-26(28)41-33/h9-14,16-18,29,36H,6-8,15H2,1-5H3. The fourth-order valence-electron chi connectivity index (χ4n) is 5.08. The predicted molar refractivity (Wildman–Crippen MR) is 163 cm³/mol. The van der Waals surface area contributed by atoms with E-state index in [-0.39, 0.29) is 11.3 Å². The van der Waals surface area contributed by atoms with Crippen LogP contribution in [-0.4, -0.2) is 35.0 Å². The molecule has 3 aromatic carbocycles. The van der Waals surface area contributed by atoms with Crippen molar-refractivity contribution in [1.82, 2.24) is 4.98 Å². The second-order valence-electron chi connectivity index (χ2n) is 10.3. The van der Waals surface area contributed by atoms with Crippen molar-refractivity contribution >= 4 is 44.1 Å². The minimum atomic E-state index is -0.915. The number of aliphatic hydroxyl groups excluding tert-OH is 1. The molecule has 0 spiro atoms. The number of aromatic nitrogens is 1. The molecule has 1 aromatic heterocycles. The third-order valence-corrected chi connectivity index (χ3v) is 8.13. The van der Waals surface area contributed by atoms with Gasteiger partial charge in [-0.1, -0.05) is 66.6 Å². The number of hydrogen-bond acceptors (Lipinski definition) is 7. The van der Waals surface area contributed by atoms with Crippen LogP contribution in [0.1, 0.15) is 60.5 Å². The van der Waals surface area contributed by atoms with Gasteiger partial charge in [-0.2, -0.15) is 0 Å². The molecule has 0 radical (unpaired) electrons. The van der Waals surface area contributed by atoms with E-state index in [1.807, 2.05) is 58.0 Å². The van der Waals surface area contributed by atoms with Crippen molar-refractivity contribution in [2.75, 3.05) is 18.1 Å². The van der Waals surface area contributed by atoms with Crippen molar-refractivity contribution in [3.8, 4) is 11.5 Å². The lowest BCUT2D eigenvalue weighted by molar-refractivity contribution is -0.132. The number of ether oxygens (including phenoxy) is 2.